The lowest BCUT2D eigenvalue weighted by Gasteiger charge is -2.36. The smallest absolute Gasteiger partial charge is 0.230 e. The van der Waals surface area contributed by atoms with Crippen LogP contribution in [0.25, 0.3) is 0 Å². The fourth-order valence-corrected chi connectivity index (χ4v) is 4.11. The van der Waals surface area contributed by atoms with Crippen molar-refractivity contribution in [2.24, 2.45) is 5.92 Å². The zero-order valence-corrected chi connectivity index (χ0v) is 16.1. The number of rotatable bonds is 6. The van der Waals surface area contributed by atoms with Crippen molar-refractivity contribution >= 4 is 17.5 Å². The molecule has 0 spiro atoms. The Labute approximate surface area is 165 Å². The summed E-state index contributed by atoms with van der Waals surface area (Å²) >= 11 is 0. The van der Waals surface area contributed by atoms with Crippen molar-refractivity contribution in [1.82, 2.24) is 10.3 Å². The average Bonchev–Trinajstić information content (AvgIpc) is 3.59. The van der Waals surface area contributed by atoms with Crippen molar-refractivity contribution < 1.29 is 9.59 Å². The average molecular weight is 377 g/mol. The number of hydrogen-bond donors (Lipinski definition) is 2. The topological polar surface area (TPSA) is 71.1 Å². The molecule has 2 aliphatic rings. The summed E-state index contributed by atoms with van der Waals surface area (Å²) in [4.78, 5) is 29.5. The van der Waals surface area contributed by atoms with Crippen molar-refractivity contribution in [1.29, 1.82) is 0 Å². The van der Waals surface area contributed by atoms with Gasteiger partial charge in [0.2, 0.25) is 11.8 Å². The third-order valence-corrected chi connectivity index (χ3v) is 5.95. The van der Waals surface area contributed by atoms with Crippen LogP contribution in [0.2, 0.25) is 0 Å². The number of hydrogen-bond acceptors (Lipinski definition) is 3. The second-order valence-electron chi connectivity index (χ2n) is 7.99. The molecule has 0 unspecified atom stereocenters. The molecule has 2 aromatic rings. The van der Waals surface area contributed by atoms with E-state index in [2.05, 4.69) is 15.6 Å². The summed E-state index contributed by atoms with van der Waals surface area (Å²) < 4.78 is 0. The monoisotopic (exact) mass is 377 g/mol. The van der Waals surface area contributed by atoms with Crippen molar-refractivity contribution in [2.45, 2.75) is 56.9 Å². The highest BCUT2D eigenvalue weighted by atomic mass is 16.2. The standard InChI is InChI=1S/C23H27N3O2/c27-21(17-7-8-17)26-19-11-9-18(10-12-19)23(13-3-1-4-14-23)22(28)25-16-20-6-2-5-15-24-20/h2,5-6,9-12,15,17H,1,3-4,7-8,13-14,16H2,(H,25,28)(H,26,27). The Hall–Kier alpha value is -2.69. The van der Waals surface area contributed by atoms with Crippen LogP contribution in [0.1, 0.15) is 56.2 Å². The molecule has 2 amide bonds. The van der Waals surface area contributed by atoms with Gasteiger partial charge in [-0.2, -0.15) is 0 Å². The van der Waals surface area contributed by atoms with E-state index in [0.717, 1.165) is 55.5 Å². The lowest BCUT2D eigenvalue weighted by Crippen LogP contribution is -2.45. The maximum atomic E-state index is 13.2. The van der Waals surface area contributed by atoms with E-state index < -0.39 is 5.41 Å². The molecule has 1 aromatic heterocycles. The minimum Gasteiger partial charge on any atom is -0.350 e. The van der Waals surface area contributed by atoms with E-state index in [1.165, 1.54) is 6.42 Å². The molecule has 2 fully saturated rings. The molecular formula is C23H27N3O2. The van der Waals surface area contributed by atoms with Crippen molar-refractivity contribution in [2.75, 3.05) is 5.32 Å². The Morgan fingerprint density at radius 1 is 1.00 bits per heavy atom. The molecule has 0 aliphatic heterocycles. The molecule has 1 heterocycles. The van der Waals surface area contributed by atoms with Gasteiger partial charge < -0.3 is 10.6 Å². The molecule has 1 aromatic carbocycles. The van der Waals surface area contributed by atoms with Crippen LogP contribution >= 0.6 is 0 Å². The van der Waals surface area contributed by atoms with Gasteiger partial charge in [-0.3, -0.25) is 14.6 Å². The molecular weight excluding hydrogens is 350 g/mol. The first-order valence-electron chi connectivity index (χ1n) is 10.3. The zero-order valence-electron chi connectivity index (χ0n) is 16.1. The minimum absolute atomic E-state index is 0.0765. The highest BCUT2D eigenvalue weighted by Gasteiger charge is 2.41. The fourth-order valence-electron chi connectivity index (χ4n) is 4.11. The van der Waals surface area contributed by atoms with Gasteiger partial charge in [0, 0.05) is 17.8 Å². The molecule has 2 aliphatic carbocycles. The molecule has 2 N–H and O–H groups in total. The van der Waals surface area contributed by atoms with Gasteiger partial charge in [-0.05, 0) is 55.5 Å². The van der Waals surface area contributed by atoms with Gasteiger partial charge in [0.25, 0.3) is 0 Å². The van der Waals surface area contributed by atoms with E-state index in [0.29, 0.717) is 6.54 Å². The van der Waals surface area contributed by atoms with Crippen LogP contribution in [0.5, 0.6) is 0 Å². The quantitative estimate of drug-likeness (QED) is 0.801. The molecule has 0 radical (unpaired) electrons. The number of anilines is 1. The zero-order chi connectivity index (χ0) is 19.4. The second kappa shape index (κ2) is 8.13. The van der Waals surface area contributed by atoms with Gasteiger partial charge in [0.15, 0.2) is 0 Å². The normalized spacial score (nSPS) is 18.3. The maximum absolute atomic E-state index is 13.2. The lowest BCUT2D eigenvalue weighted by atomic mass is 9.68. The largest absolute Gasteiger partial charge is 0.350 e. The van der Waals surface area contributed by atoms with Gasteiger partial charge >= 0.3 is 0 Å². The number of benzene rings is 1. The number of carbonyl (C=O) groups is 2. The van der Waals surface area contributed by atoms with Crippen LogP contribution in [0, 0.1) is 5.92 Å². The number of carbonyl (C=O) groups excluding carboxylic acids is 2. The van der Waals surface area contributed by atoms with Crippen molar-refractivity contribution in [3.05, 3.63) is 59.9 Å². The second-order valence-corrected chi connectivity index (χ2v) is 7.99. The third-order valence-electron chi connectivity index (χ3n) is 5.95. The van der Waals surface area contributed by atoms with E-state index in [4.69, 9.17) is 0 Å². The van der Waals surface area contributed by atoms with E-state index in [-0.39, 0.29) is 17.7 Å². The molecule has 4 rings (SSSR count). The predicted molar refractivity (Wildman–Crippen MR) is 109 cm³/mol. The van der Waals surface area contributed by atoms with Crippen LogP contribution in [-0.2, 0) is 21.5 Å². The summed E-state index contributed by atoms with van der Waals surface area (Å²) in [6.45, 7) is 0.441. The molecule has 0 atom stereocenters. The van der Waals surface area contributed by atoms with E-state index in [1.807, 2.05) is 42.5 Å². The number of pyridine rings is 1. The Morgan fingerprint density at radius 2 is 1.75 bits per heavy atom. The molecule has 28 heavy (non-hydrogen) atoms. The Balaban J connectivity index is 1.49. The number of amides is 2. The first kappa shape index (κ1) is 18.7. The van der Waals surface area contributed by atoms with E-state index in [1.54, 1.807) is 6.20 Å². The Morgan fingerprint density at radius 3 is 2.39 bits per heavy atom. The molecule has 0 bridgehead atoms. The molecule has 2 saturated carbocycles. The highest BCUT2D eigenvalue weighted by molar-refractivity contribution is 5.94. The number of aromatic nitrogens is 1. The summed E-state index contributed by atoms with van der Waals surface area (Å²) in [5.41, 5.74) is 2.21. The summed E-state index contributed by atoms with van der Waals surface area (Å²) in [6, 6.07) is 13.6. The van der Waals surface area contributed by atoms with Crippen LogP contribution in [0.3, 0.4) is 0 Å². The fraction of sp³-hybridized carbons (Fsp3) is 0.435. The molecule has 5 nitrogen and oxygen atoms in total. The third kappa shape index (κ3) is 4.08. The van der Waals surface area contributed by atoms with Crippen LogP contribution in [-0.4, -0.2) is 16.8 Å². The first-order chi connectivity index (χ1) is 13.7. The van der Waals surface area contributed by atoms with E-state index >= 15 is 0 Å². The molecule has 146 valence electrons. The van der Waals surface area contributed by atoms with Crippen molar-refractivity contribution in [3.8, 4) is 0 Å². The van der Waals surface area contributed by atoms with Gasteiger partial charge in [0.1, 0.15) is 0 Å². The van der Waals surface area contributed by atoms with Gasteiger partial charge in [-0.15, -0.1) is 0 Å². The number of nitrogens with one attached hydrogen (secondary N) is 2. The van der Waals surface area contributed by atoms with Crippen molar-refractivity contribution in [3.63, 3.8) is 0 Å². The maximum Gasteiger partial charge on any atom is 0.230 e. The van der Waals surface area contributed by atoms with Crippen LogP contribution < -0.4 is 10.6 Å². The van der Waals surface area contributed by atoms with E-state index in [9.17, 15) is 9.59 Å². The Bertz CT molecular complexity index is 823. The molecule has 0 saturated heterocycles. The summed E-state index contributed by atoms with van der Waals surface area (Å²) in [5, 5.41) is 6.08. The first-order valence-corrected chi connectivity index (χ1v) is 10.3. The predicted octanol–water partition coefficient (Wildman–Crippen LogP) is 3.95. The summed E-state index contributed by atoms with van der Waals surface area (Å²) in [5.74, 6) is 0.364. The summed E-state index contributed by atoms with van der Waals surface area (Å²) in [6.07, 6.45) is 8.71. The number of nitrogens with zero attached hydrogens (tertiary/aromatic N) is 1. The highest BCUT2D eigenvalue weighted by Crippen LogP contribution is 2.40. The SMILES string of the molecule is O=C(Nc1ccc(C2(C(=O)NCc3ccccn3)CCCCC2)cc1)C1CC1. The van der Waals surface area contributed by atoms with Gasteiger partial charge in [-0.25, -0.2) is 0 Å². The van der Waals surface area contributed by atoms with Crippen LogP contribution in [0.15, 0.2) is 48.7 Å². The van der Waals surface area contributed by atoms with Gasteiger partial charge in [-0.1, -0.05) is 37.5 Å². The minimum atomic E-state index is -0.494. The molecule has 5 heteroatoms. The Kier molecular flexibility index (Phi) is 5.42. The summed E-state index contributed by atoms with van der Waals surface area (Å²) in [7, 11) is 0. The van der Waals surface area contributed by atoms with Crippen LogP contribution in [0.4, 0.5) is 5.69 Å². The lowest BCUT2D eigenvalue weighted by molar-refractivity contribution is -0.128. The van der Waals surface area contributed by atoms with Gasteiger partial charge in [0.05, 0.1) is 17.7 Å².